The van der Waals surface area contributed by atoms with Crippen LogP contribution in [0.25, 0.3) is 0 Å². The topological polar surface area (TPSA) is 32.3 Å². The molecule has 0 spiro atoms. The van der Waals surface area contributed by atoms with E-state index in [0.717, 1.165) is 19.5 Å². The molecule has 1 unspecified atom stereocenters. The summed E-state index contributed by atoms with van der Waals surface area (Å²) in [6, 6.07) is 4.54. The Morgan fingerprint density at radius 2 is 2.37 bits per heavy atom. The number of rotatable bonds is 4. The van der Waals surface area contributed by atoms with E-state index in [2.05, 4.69) is 33.1 Å². The van der Waals surface area contributed by atoms with Gasteiger partial charge in [0.15, 0.2) is 0 Å². The highest BCUT2D eigenvalue weighted by atomic mass is 79.9. The average molecular weight is 329 g/mol. The van der Waals surface area contributed by atoms with Crippen LogP contribution >= 0.6 is 15.9 Å². The smallest absolute Gasteiger partial charge is 0.252 e. The van der Waals surface area contributed by atoms with Gasteiger partial charge in [0.1, 0.15) is 5.82 Å². The molecule has 1 N–H and O–H groups in total. The third kappa shape index (κ3) is 3.54. The van der Waals surface area contributed by atoms with E-state index in [4.69, 9.17) is 0 Å². The molecule has 0 aliphatic carbocycles. The highest BCUT2D eigenvalue weighted by Crippen LogP contribution is 2.19. The number of hydrogen-bond donors (Lipinski definition) is 1. The van der Waals surface area contributed by atoms with Crippen LogP contribution in [0, 0.1) is 5.82 Å². The molecule has 1 aromatic carbocycles. The van der Waals surface area contributed by atoms with Gasteiger partial charge in [0.05, 0.1) is 5.56 Å². The van der Waals surface area contributed by atoms with Crippen molar-refractivity contribution in [3.05, 3.63) is 34.1 Å². The maximum Gasteiger partial charge on any atom is 0.252 e. The van der Waals surface area contributed by atoms with E-state index in [1.807, 2.05) is 0 Å². The number of likely N-dealkylation sites (N-methyl/N-ethyl adjacent to an activating group) is 1. The SMILES string of the molecule is CCN1CCCC1CNC(=O)c1cc(F)ccc1Br. The number of halogens is 2. The summed E-state index contributed by atoms with van der Waals surface area (Å²) in [5.74, 6) is -0.626. The minimum atomic E-state index is -0.399. The molecule has 2 rings (SSSR count). The van der Waals surface area contributed by atoms with Gasteiger partial charge in [-0.3, -0.25) is 9.69 Å². The third-order valence-electron chi connectivity index (χ3n) is 3.58. The number of carbonyl (C=O) groups excluding carboxylic acids is 1. The predicted molar refractivity (Wildman–Crippen MR) is 76.7 cm³/mol. The van der Waals surface area contributed by atoms with Crippen LogP contribution in [0.4, 0.5) is 4.39 Å². The van der Waals surface area contributed by atoms with E-state index < -0.39 is 5.82 Å². The van der Waals surface area contributed by atoms with Crippen LogP contribution in [0.1, 0.15) is 30.1 Å². The molecule has 0 aromatic heterocycles. The Balaban J connectivity index is 1.96. The van der Waals surface area contributed by atoms with Crippen molar-refractivity contribution in [2.75, 3.05) is 19.6 Å². The van der Waals surface area contributed by atoms with E-state index in [1.165, 1.54) is 18.6 Å². The zero-order valence-corrected chi connectivity index (χ0v) is 12.5. The summed E-state index contributed by atoms with van der Waals surface area (Å²) < 4.78 is 13.8. The van der Waals surface area contributed by atoms with Gasteiger partial charge < -0.3 is 5.32 Å². The summed E-state index contributed by atoms with van der Waals surface area (Å²) in [5, 5.41) is 2.90. The lowest BCUT2D eigenvalue weighted by atomic mass is 10.2. The van der Waals surface area contributed by atoms with Gasteiger partial charge >= 0.3 is 0 Å². The van der Waals surface area contributed by atoms with Gasteiger partial charge in [0.2, 0.25) is 0 Å². The van der Waals surface area contributed by atoms with Crippen molar-refractivity contribution in [1.82, 2.24) is 10.2 Å². The molecule has 0 bridgehead atoms. The molecule has 0 radical (unpaired) electrons. The fourth-order valence-corrected chi connectivity index (χ4v) is 2.95. The Morgan fingerprint density at radius 3 is 3.11 bits per heavy atom. The Morgan fingerprint density at radius 1 is 1.58 bits per heavy atom. The number of nitrogens with one attached hydrogen (secondary N) is 1. The average Bonchev–Trinajstić information content (AvgIpc) is 2.86. The number of nitrogens with zero attached hydrogens (tertiary/aromatic N) is 1. The molecule has 1 atom stereocenters. The summed E-state index contributed by atoms with van der Waals surface area (Å²) in [6.45, 7) is 4.85. The summed E-state index contributed by atoms with van der Waals surface area (Å²) in [4.78, 5) is 14.4. The van der Waals surface area contributed by atoms with E-state index in [9.17, 15) is 9.18 Å². The molecule has 5 heteroatoms. The predicted octanol–water partition coefficient (Wildman–Crippen LogP) is 2.80. The molecule has 1 amide bonds. The maximum atomic E-state index is 13.2. The van der Waals surface area contributed by atoms with E-state index in [-0.39, 0.29) is 5.91 Å². The van der Waals surface area contributed by atoms with Gasteiger partial charge in [-0.1, -0.05) is 6.92 Å². The second-order valence-electron chi connectivity index (χ2n) is 4.76. The van der Waals surface area contributed by atoms with Crippen molar-refractivity contribution < 1.29 is 9.18 Å². The molecule has 1 fully saturated rings. The summed E-state index contributed by atoms with van der Waals surface area (Å²) >= 11 is 3.27. The number of amides is 1. The third-order valence-corrected chi connectivity index (χ3v) is 4.27. The van der Waals surface area contributed by atoms with Crippen LogP contribution in [0.3, 0.4) is 0 Å². The maximum absolute atomic E-state index is 13.2. The quantitative estimate of drug-likeness (QED) is 0.921. The summed E-state index contributed by atoms with van der Waals surface area (Å²) in [6.07, 6.45) is 2.29. The summed E-state index contributed by atoms with van der Waals surface area (Å²) in [5.41, 5.74) is 0.348. The second kappa shape index (κ2) is 6.48. The lowest BCUT2D eigenvalue weighted by Crippen LogP contribution is -2.40. The first-order valence-corrected chi connectivity index (χ1v) is 7.38. The van der Waals surface area contributed by atoms with Crippen LogP contribution in [-0.2, 0) is 0 Å². The van der Waals surface area contributed by atoms with E-state index in [1.54, 1.807) is 6.07 Å². The number of carbonyl (C=O) groups is 1. The molecule has 1 aliphatic heterocycles. The molecular formula is C14H18BrFN2O. The van der Waals surface area contributed by atoms with Crippen molar-refractivity contribution in [1.29, 1.82) is 0 Å². The van der Waals surface area contributed by atoms with Crippen molar-refractivity contribution in [2.24, 2.45) is 0 Å². The van der Waals surface area contributed by atoms with Crippen LogP contribution in [0.2, 0.25) is 0 Å². The van der Waals surface area contributed by atoms with Crippen LogP contribution in [-0.4, -0.2) is 36.5 Å². The Labute approximate surface area is 121 Å². The monoisotopic (exact) mass is 328 g/mol. The van der Waals surface area contributed by atoms with Crippen LogP contribution < -0.4 is 5.32 Å². The first kappa shape index (κ1) is 14.5. The van der Waals surface area contributed by atoms with Crippen molar-refractivity contribution >= 4 is 21.8 Å². The number of hydrogen-bond acceptors (Lipinski definition) is 2. The molecule has 104 valence electrons. The standard InChI is InChI=1S/C14H18BrFN2O/c1-2-18-7-3-4-11(18)9-17-14(19)12-8-10(16)5-6-13(12)15/h5-6,8,11H,2-4,7,9H2,1H3,(H,17,19). The minimum Gasteiger partial charge on any atom is -0.350 e. The molecule has 1 aliphatic rings. The minimum absolute atomic E-state index is 0.227. The van der Waals surface area contributed by atoms with Gasteiger partial charge in [-0.25, -0.2) is 4.39 Å². The molecule has 3 nitrogen and oxygen atoms in total. The van der Waals surface area contributed by atoms with Gasteiger partial charge in [-0.15, -0.1) is 0 Å². The Bertz CT molecular complexity index is 467. The van der Waals surface area contributed by atoms with Gasteiger partial charge in [-0.2, -0.15) is 0 Å². The molecule has 19 heavy (non-hydrogen) atoms. The first-order valence-electron chi connectivity index (χ1n) is 6.59. The number of likely N-dealkylation sites (tertiary alicyclic amines) is 1. The molecule has 1 heterocycles. The van der Waals surface area contributed by atoms with Gasteiger partial charge in [-0.05, 0) is 60.1 Å². The highest BCUT2D eigenvalue weighted by Gasteiger charge is 2.23. The van der Waals surface area contributed by atoms with Gasteiger partial charge in [0, 0.05) is 17.1 Å². The lowest BCUT2D eigenvalue weighted by Gasteiger charge is -2.23. The zero-order valence-electron chi connectivity index (χ0n) is 11.0. The van der Waals surface area contributed by atoms with Crippen LogP contribution in [0.5, 0.6) is 0 Å². The zero-order chi connectivity index (χ0) is 13.8. The fraction of sp³-hybridized carbons (Fsp3) is 0.500. The van der Waals surface area contributed by atoms with E-state index in [0.29, 0.717) is 22.6 Å². The molecule has 1 aromatic rings. The molecule has 1 saturated heterocycles. The lowest BCUT2D eigenvalue weighted by molar-refractivity contribution is 0.0940. The second-order valence-corrected chi connectivity index (χ2v) is 5.61. The van der Waals surface area contributed by atoms with Gasteiger partial charge in [0.25, 0.3) is 5.91 Å². The Hall–Kier alpha value is -0.940. The van der Waals surface area contributed by atoms with E-state index >= 15 is 0 Å². The normalized spacial score (nSPS) is 19.6. The molecular weight excluding hydrogens is 311 g/mol. The number of benzene rings is 1. The summed E-state index contributed by atoms with van der Waals surface area (Å²) in [7, 11) is 0. The first-order chi connectivity index (χ1) is 9.11. The largest absolute Gasteiger partial charge is 0.350 e. The van der Waals surface area contributed by atoms with Crippen molar-refractivity contribution in [3.8, 4) is 0 Å². The molecule has 0 saturated carbocycles. The van der Waals surface area contributed by atoms with Crippen molar-refractivity contribution in [3.63, 3.8) is 0 Å². The van der Waals surface area contributed by atoms with Crippen LogP contribution in [0.15, 0.2) is 22.7 Å². The van der Waals surface area contributed by atoms with Crippen molar-refractivity contribution in [2.45, 2.75) is 25.8 Å². The highest BCUT2D eigenvalue weighted by molar-refractivity contribution is 9.10. The fourth-order valence-electron chi connectivity index (χ4n) is 2.52. The Kier molecular flexibility index (Phi) is 4.93.